The van der Waals surface area contributed by atoms with Gasteiger partial charge in [-0.15, -0.1) is 0 Å². The molecular weight excluding hydrogens is 299 g/mol. The number of hydrogen-bond acceptors (Lipinski definition) is 5. The summed E-state index contributed by atoms with van der Waals surface area (Å²) < 4.78 is 5.76. The molecule has 0 radical (unpaired) electrons. The fourth-order valence-corrected chi connectivity index (χ4v) is 2.09. The van der Waals surface area contributed by atoms with Gasteiger partial charge in [0.15, 0.2) is 5.82 Å². The first-order valence-electron chi connectivity index (χ1n) is 5.98. The van der Waals surface area contributed by atoms with Gasteiger partial charge in [0.05, 0.1) is 10.6 Å². The van der Waals surface area contributed by atoms with Crippen LogP contribution in [0, 0.1) is 0 Å². The number of hydrazine groups is 1. The summed E-state index contributed by atoms with van der Waals surface area (Å²) in [5.41, 5.74) is 3.31. The fourth-order valence-electron chi connectivity index (χ4n) is 1.76. The van der Waals surface area contributed by atoms with Crippen LogP contribution < -0.4 is 16.0 Å². The van der Waals surface area contributed by atoms with Gasteiger partial charge in [0.2, 0.25) is 5.88 Å². The van der Waals surface area contributed by atoms with Gasteiger partial charge < -0.3 is 10.2 Å². The second kappa shape index (κ2) is 6.26. The van der Waals surface area contributed by atoms with Crippen LogP contribution in [0.25, 0.3) is 0 Å². The van der Waals surface area contributed by atoms with Crippen molar-refractivity contribution in [3.63, 3.8) is 0 Å². The summed E-state index contributed by atoms with van der Waals surface area (Å²) >= 11 is 12.1. The summed E-state index contributed by atoms with van der Waals surface area (Å²) in [6, 6.07) is 5.16. The van der Waals surface area contributed by atoms with Crippen molar-refractivity contribution in [1.82, 2.24) is 9.97 Å². The summed E-state index contributed by atoms with van der Waals surface area (Å²) in [6.07, 6.45) is 1.37. The highest BCUT2D eigenvalue weighted by Crippen LogP contribution is 2.37. The zero-order chi connectivity index (χ0) is 14.7. The number of anilines is 1. The maximum atomic E-state index is 6.11. The fraction of sp³-hybridized carbons (Fsp3) is 0.231. The number of nitrogens with two attached hydrogens (primary N) is 1. The van der Waals surface area contributed by atoms with Crippen LogP contribution in [0.2, 0.25) is 10.0 Å². The van der Waals surface area contributed by atoms with Crippen LogP contribution in [0.5, 0.6) is 11.6 Å². The number of halogens is 2. The number of hydrogen-bond donors (Lipinski definition) is 2. The molecule has 2 aromatic rings. The molecule has 0 amide bonds. The first-order chi connectivity index (χ1) is 9.54. The molecule has 0 aliphatic heterocycles. The summed E-state index contributed by atoms with van der Waals surface area (Å²) in [7, 11) is 0. The second-order valence-corrected chi connectivity index (χ2v) is 5.18. The van der Waals surface area contributed by atoms with Crippen LogP contribution >= 0.6 is 23.2 Å². The van der Waals surface area contributed by atoms with Crippen molar-refractivity contribution in [2.24, 2.45) is 5.84 Å². The van der Waals surface area contributed by atoms with Gasteiger partial charge in [0.25, 0.3) is 0 Å². The van der Waals surface area contributed by atoms with Crippen LogP contribution in [-0.2, 0) is 0 Å². The molecule has 0 aliphatic rings. The lowest BCUT2D eigenvalue weighted by molar-refractivity contribution is 0.452. The molecule has 20 heavy (non-hydrogen) atoms. The predicted molar refractivity (Wildman–Crippen MR) is 80.5 cm³/mol. The maximum absolute atomic E-state index is 6.11. The van der Waals surface area contributed by atoms with Gasteiger partial charge in [0, 0.05) is 0 Å². The largest absolute Gasteiger partial charge is 0.437 e. The van der Waals surface area contributed by atoms with Crippen LogP contribution in [-0.4, -0.2) is 9.97 Å². The molecular formula is C13H14Cl2N4O. The number of nitrogens with one attached hydrogen (secondary N) is 1. The molecule has 106 valence electrons. The van der Waals surface area contributed by atoms with E-state index in [1.807, 2.05) is 13.8 Å². The highest BCUT2D eigenvalue weighted by molar-refractivity contribution is 6.42. The van der Waals surface area contributed by atoms with E-state index >= 15 is 0 Å². The normalized spacial score (nSPS) is 10.7. The minimum atomic E-state index is 0.121. The first kappa shape index (κ1) is 14.8. The Morgan fingerprint density at radius 2 is 2.00 bits per heavy atom. The third-order valence-electron chi connectivity index (χ3n) is 2.68. The molecule has 5 nitrogen and oxygen atoms in total. The summed E-state index contributed by atoms with van der Waals surface area (Å²) in [5.74, 6) is 6.93. The first-order valence-corrected chi connectivity index (χ1v) is 6.73. The van der Waals surface area contributed by atoms with Crippen molar-refractivity contribution in [2.75, 3.05) is 5.43 Å². The van der Waals surface area contributed by atoms with Crippen LogP contribution in [0.1, 0.15) is 25.3 Å². The minimum Gasteiger partial charge on any atom is -0.437 e. The molecule has 0 unspecified atom stereocenters. The van der Waals surface area contributed by atoms with E-state index < -0.39 is 0 Å². The molecule has 0 spiro atoms. The van der Waals surface area contributed by atoms with Gasteiger partial charge in [0.1, 0.15) is 17.1 Å². The number of rotatable bonds is 4. The Balaban J connectivity index is 2.46. The molecule has 0 aliphatic carbocycles. The SMILES string of the molecule is CC(C)c1c(NN)ncnc1Oc1cccc(Cl)c1Cl. The van der Waals surface area contributed by atoms with Crippen LogP contribution in [0.4, 0.5) is 5.82 Å². The Morgan fingerprint density at radius 1 is 1.25 bits per heavy atom. The van der Waals surface area contributed by atoms with Crippen molar-refractivity contribution in [1.29, 1.82) is 0 Å². The van der Waals surface area contributed by atoms with Gasteiger partial charge in [-0.1, -0.05) is 43.1 Å². The van der Waals surface area contributed by atoms with E-state index in [4.69, 9.17) is 33.8 Å². The molecule has 7 heteroatoms. The monoisotopic (exact) mass is 312 g/mol. The number of nitrogen functional groups attached to an aromatic ring is 1. The minimum absolute atomic E-state index is 0.121. The maximum Gasteiger partial charge on any atom is 0.228 e. The van der Waals surface area contributed by atoms with E-state index in [0.29, 0.717) is 27.5 Å². The zero-order valence-corrected chi connectivity index (χ0v) is 12.5. The molecule has 2 rings (SSSR count). The molecule has 0 atom stereocenters. The van der Waals surface area contributed by atoms with Gasteiger partial charge in [-0.3, -0.25) is 0 Å². The van der Waals surface area contributed by atoms with Gasteiger partial charge >= 0.3 is 0 Å². The molecule has 1 aromatic heterocycles. The van der Waals surface area contributed by atoms with Crippen molar-refractivity contribution in [3.8, 4) is 11.6 Å². The van der Waals surface area contributed by atoms with Gasteiger partial charge in [-0.25, -0.2) is 15.8 Å². The third-order valence-corrected chi connectivity index (χ3v) is 3.49. The highest BCUT2D eigenvalue weighted by atomic mass is 35.5. The van der Waals surface area contributed by atoms with E-state index in [2.05, 4.69) is 15.4 Å². The Morgan fingerprint density at radius 3 is 2.65 bits per heavy atom. The Kier molecular flexibility index (Phi) is 4.65. The predicted octanol–water partition coefficient (Wildman–Crippen LogP) is 3.98. The number of nitrogens with zero attached hydrogens (tertiary/aromatic N) is 2. The second-order valence-electron chi connectivity index (χ2n) is 4.39. The molecule has 0 fully saturated rings. The summed E-state index contributed by atoms with van der Waals surface area (Å²) in [6.45, 7) is 3.98. The van der Waals surface area contributed by atoms with Gasteiger partial charge in [-0.2, -0.15) is 0 Å². The van der Waals surface area contributed by atoms with E-state index in [0.717, 1.165) is 5.56 Å². The third kappa shape index (κ3) is 2.95. The van der Waals surface area contributed by atoms with E-state index in [9.17, 15) is 0 Å². The molecule has 0 saturated carbocycles. The zero-order valence-electron chi connectivity index (χ0n) is 11.0. The van der Waals surface area contributed by atoms with E-state index in [-0.39, 0.29) is 5.92 Å². The Hall–Kier alpha value is -1.56. The van der Waals surface area contributed by atoms with E-state index in [1.54, 1.807) is 18.2 Å². The Bertz CT molecular complexity index is 619. The lowest BCUT2D eigenvalue weighted by Crippen LogP contribution is -2.13. The number of benzene rings is 1. The van der Waals surface area contributed by atoms with Crippen LogP contribution in [0.15, 0.2) is 24.5 Å². The molecule has 0 saturated heterocycles. The molecule has 1 heterocycles. The van der Waals surface area contributed by atoms with Crippen molar-refractivity contribution in [2.45, 2.75) is 19.8 Å². The van der Waals surface area contributed by atoms with E-state index in [1.165, 1.54) is 6.33 Å². The average Bonchev–Trinajstić information content (AvgIpc) is 2.43. The topological polar surface area (TPSA) is 73.1 Å². The van der Waals surface area contributed by atoms with Gasteiger partial charge in [-0.05, 0) is 18.1 Å². The van der Waals surface area contributed by atoms with Crippen molar-refractivity contribution in [3.05, 3.63) is 40.1 Å². The summed E-state index contributed by atoms with van der Waals surface area (Å²) in [4.78, 5) is 8.22. The van der Waals surface area contributed by atoms with Crippen LogP contribution in [0.3, 0.4) is 0 Å². The Labute approximate surface area is 127 Å². The number of ether oxygens (including phenoxy) is 1. The summed E-state index contributed by atoms with van der Waals surface area (Å²) in [5, 5.41) is 0.756. The van der Waals surface area contributed by atoms with Crippen molar-refractivity contribution < 1.29 is 4.74 Å². The van der Waals surface area contributed by atoms with Crippen molar-refractivity contribution >= 4 is 29.0 Å². The standard InChI is InChI=1S/C13H14Cl2N4O/c1-7(2)10-12(19-16)17-6-18-13(10)20-9-5-3-4-8(14)11(9)15/h3-7H,16H2,1-2H3,(H,17,18,19). The quantitative estimate of drug-likeness (QED) is 0.659. The molecule has 0 bridgehead atoms. The number of aromatic nitrogens is 2. The smallest absolute Gasteiger partial charge is 0.228 e. The average molecular weight is 313 g/mol. The molecule has 1 aromatic carbocycles. The lowest BCUT2D eigenvalue weighted by atomic mass is 10.1. The lowest BCUT2D eigenvalue weighted by Gasteiger charge is -2.16. The highest BCUT2D eigenvalue weighted by Gasteiger charge is 2.17. The molecule has 3 N–H and O–H groups in total.